The Bertz CT molecular complexity index is 350. The Hall–Kier alpha value is -0.940. The molecule has 1 aromatic rings. The molecule has 0 saturated carbocycles. The Kier molecular flexibility index (Phi) is 4.89. The number of aryl methyl sites for hydroxylation is 1. The molecule has 0 aromatic carbocycles. The van der Waals surface area contributed by atoms with Crippen LogP contribution in [0.2, 0.25) is 0 Å². The molecule has 0 radical (unpaired) electrons. The van der Waals surface area contributed by atoms with Gasteiger partial charge in [-0.15, -0.1) is 11.3 Å². The first kappa shape index (κ1) is 13.1. The van der Waals surface area contributed by atoms with Gasteiger partial charge in [-0.05, 0) is 19.3 Å². The van der Waals surface area contributed by atoms with Crippen molar-refractivity contribution in [2.75, 3.05) is 6.61 Å². The monoisotopic (exact) mass is 242 g/mol. The average Bonchev–Trinajstić information content (AvgIpc) is 2.63. The van der Waals surface area contributed by atoms with Gasteiger partial charge in [0.25, 0.3) is 5.91 Å². The molecule has 4 nitrogen and oxygen atoms in total. The fraction of sp³-hybridized carbons (Fsp3) is 0.636. The Morgan fingerprint density at radius 1 is 1.62 bits per heavy atom. The molecule has 0 saturated heterocycles. The topological polar surface area (TPSA) is 62.2 Å². The standard InChI is InChI=1S/C11H18N2O2S/c1-7(2)4-9(5-14)13-11(15)10-6-16-8(3)12-10/h6-7,9,14H,4-5H2,1-3H3,(H,13,15). The summed E-state index contributed by atoms with van der Waals surface area (Å²) in [5.41, 5.74) is 0.435. The Balaban J connectivity index is 2.55. The van der Waals surface area contributed by atoms with Gasteiger partial charge in [-0.25, -0.2) is 4.98 Å². The van der Waals surface area contributed by atoms with Crippen LogP contribution < -0.4 is 5.32 Å². The van der Waals surface area contributed by atoms with Crippen molar-refractivity contribution in [2.45, 2.75) is 33.2 Å². The number of nitrogens with zero attached hydrogens (tertiary/aromatic N) is 1. The Labute approximate surface area is 99.7 Å². The summed E-state index contributed by atoms with van der Waals surface area (Å²) in [6.45, 7) is 5.94. The van der Waals surface area contributed by atoms with E-state index in [1.807, 2.05) is 6.92 Å². The van der Waals surface area contributed by atoms with Gasteiger partial charge in [0, 0.05) is 5.38 Å². The maximum absolute atomic E-state index is 11.7. The van der Waals surface area contributed by atoms with Crippen molar-refractivity contribution >= 4 is 17.2 Å². The lowest BCUT2D eigenvalue weighted by atomic mass is 10.0. The molecule has 0 bridgehead atoms. The zero-order valence-electron chi connectivity index (χ0n) is 9.86. The van der Waals surface area contributed by atoms with Crippen LogP contribution in [0.5, 0.6) is 0 Å². The second-order valence-corrected chi connectivity index (χ2v) is 5.30. The van der Waals surface area contributed by atoms with Crippen molar-refractivity contribution in [3.05, 3.63) is 16.1 Å². The highest BCUT2D eigenvalue weighted by molar-refractivity contribution is 7.09. The highest BCUT2D eigenvalue weighted by Gasteiger charge is 2.15. The van der Waals surface area contributed by atoms with Crippen molar-refractivity contribution in [3.8, 4) is 0 Å². The summed E-state index contributed by atoms with van der Waals surface area (Å²) >= 11 is 1.45. The first-order valence-electron chi connectivity index (χ1n) is 5.36. The van der Waals surface area contributed by atoms with Crippen LogP contribution in [0.4, 0.5) is 0 Å². The zero-order valence-corrected chi connectivity index (χ0v) is 10.7. The molecule has 0 aliphatic heterocycles. The van der Waals surface area contributed by atoms with Crippen molar-refractivity contribution in [3.63, 3.8) is 0 Å². The summed E-state index contributed by atoms with van der Waals surface area (Å²) in [5, 5.41) is 14.5. The molecule has 1 rings (SSSR count). The van der Waals surface area contributed by atoms with Crippen LogP contribution in [-0.4, -0.2) is 28.6 Å². The highest BCUT2D eigenvalue weighted by atomic mass is 32.1. The summed E-state index contributed by atoms with van der Waals surface area (Å²) < 4.78 is 0. The van der Waals surface area contributed by atoms with Gasteiger partial charge in [0.2, 0.25) is 0 Å². The summed E-state index contributed by atoms with van der Waals surface area (Å²) in [5.74, 6) is 0.235. The SMILES string of the molecule is Cc1nc(C(=O)NC(CO)CC(C)C)cs1. The number of aliphatic hydroxyl groups excluding tert-OH is 1. The zero-order chi connectivity index (χ0) is 12.1. The molecular formula is C11H18N2O2S. The minimum Gasteiger partial charge on any atom is -0.394 e. The molecule has 5 heteroatoms. The van der Waals surface area contributed by atoms with E-state index in [1.165, 1.54) is 11.3 Å². The van der Waals surface area contributed by atoms with Gasteiger partial charge in [-0.2, -0.15) is 0 Å². The van der Waals surface area contributed by atoms with E-state index in [4.69, 9.17) is 5.11 Å². The van der Waals surface area contributed by atoms with E-state index in [2.05, 4.69) is 24.1 Å². The van der Waals surface area contributed by atoms with Crippen LogP contribution in [0.25, 0.3) is 0 Å². The van der Waals surface area contributed by atoms with E-state index in [1.54, 1.807) is 5.38 Å². The number of nitrogens with one attached hydrogen (secondary N) is 1. The molecule has 1 aromatic heterocycles. The van der Waals surface area contributed by atoms with Gasteiger partial charge in [-0.1, -0.05) is 13.8 Å². The third-order valence-electron chi connectivity index (χ3n) is 2.16. The van der Waals surface area contributed by atoms with Crippen LogP contribution in [0.1, 0.15) is 35.8 Å². The summed E-state index contributed by atoms with van der Waals surface area (Å²) in [7, 11) is 0. The van der Waals surface area contributed by atoms with Gasteiger partial charge >= 0.3 is 0 Å². The van der Waals surface area contributed by atoms with Gasteiger partial charge in [0.15, 0.2) is 0 Å². The molecule has 1 heterocycles. The van der Waals surface area contributed by atoms with Crippen molar-refractivity contribution in [2.24, 2.45) is 5.92 Å². The molecule has 2 N–H and O–H groups in total. The highest BCUT2D eigenvalue weighted by Crippen LogP contribution is 2.09. The van der Waals surface area contributed by atoms with E-state index >= 15 is 0 Å². The van der Waals surface area contributed by atoms with Crippen LogP contribution in [-0.2, 0) is 0 Å². The number of carbonyl (C=O) groups is 1. The molecule has 0 aliphatic carbocycles. The molecule has 1 amide bonds. The van der Waals surface area contributed by atoms with Crippen LogP contribution in [0.15, 0.2) is 5.38 Å². The molecule has 1 unspecified atom stereocenters. The molecule has 0 aliphatic rings. The first-order valence-corrected chi connectivity index (χ1v) is 6.24. The third kappa shape index (κ3) is 3.90. The number of hydrogen-bond acceptors (Lipinski definition) is 4. The van der Waals surface area contributed by atoms with Gasteiger partial charge in [0.1, 0.15) is 5.69 Å². The number of hydrogen-bond donors (Lipinski definition) is 2. The quantitative estimate of drug-likeness (QED) is 0.824. The molecule has 1 atom stereocenters. The number of amides is 1. The average molecular weight is 242 g/mol. The second-order valence-electron chi connectivity index (χ2n) is 4.23. The number of rotatable bonds is 5. The van der Waals surface area contributed by atoms with E-state index in [0.717, 1.165) is 11.4 Å². The van der Waals surface area contributed by atoms with E-state index < -0.39 is 0 Å². The molecule has 16 heavy (non-hydrogen) atoms. The minimum absolute atomic E-state index is 0.0347. The summed E-state index contributed by atoms with van der Waals surface area (Å²) in [6.07, 6.45) is 0.769. The maximum Gasteiger partial charge on any atom is 0.271 e. The van der Waals surface area contributed by atoms with Crippen LogP contribution >= 0.6 is 11.3 Å². The fourth-order valence-corrected chi connectivity index (χ4v) is 2.07. The van der Waals surface area contributed by atoms with E-state index in [-0.39, 0.29) is 18.6 Å². The van der Waals surface area contributed by atoms with E-state index in [0.29, 0.717) is 11.6 Å². The number of carbonyl (C=O) groups excluding carboxylic acids is 1. The number of aromatic nitrogens is 1. The van der Waals surface area contributed by atoms with Crippen molar-refractivity contribution < 1.29 is 9.90 Å². The molecule has 90 valence electrons. The minimum atomic E-state index is -0.205. The predicted molar refractivity (Wildman–Crippen MR) is 64.6 cm³/mol. The summed E-state index contributed by atoms with van der Waals surface area (Å²) in [6, 6.07) is -0.186. The van der Waals surface area contributed by atoms with Gasteiger partial charge in [-0.3, -0.25) is 4.79 Å². The lowest BCUT2D eigenvalue weighted by Gasteiger charge is -2.17. The first-order chi connectivity index (χ1) is 7.52. The second kappa shape index (κ2) is 5.96. The largest absolute Gasteiger partial charge is 0.394 e. The Morgan fingerprint density at radius 3 is 2.75 bits per heavy atom. The fourth-order valence-electron chi connectivity index (χ4n) is 1.48. The summed E-state index contributed by atoms with van der Waals surface area (Å²) in [4.78, 5) is 15.8. The van der Waals surface area contributed by atoms with E-state index in [9.17, 15) is 4.79 Å². The van der Waals surface area contributed by atoms with Crippen molar-refractivity contribution in [1.82, 2.24) is 10.3 Å². The number of thiazole rings is 1. The third-order valence-corrected chi connectivity index (χ3v) is 2.94. The molecule has 0 fully saturated rings. The Morgan fingerprint density at radius 2 is 2.31 bits per heavy atom. The van der Waals surface area contributed by atoms with Crippen LogP contribution in [0.3, 0.4) is 0 Å². The smallest absolute Gasteiger partial charge is 0.271 e. The normalized spacial score (nSPS) is 12.8. The predicted octanol–water partition coefficient (Wildman–Crippen LogP) is 1.59. The lowest BCUT2D eigenvalue weighted by molar-refractivity contribution is 0.0904. The molecular weight excluding hydrogens is 224 g/mol. The number of aliphatic hydroxyl groups is 1. The molecule has 0 spiro atoms. The van der Waals surface area contributed by atoms with Crippen molar-refractivity contribution in [1.29, 1.82) is 0 Å². The van der Waals surface area contributed by atoms with Crippen LogP contribution in [0, 0.1) is 12.8 Å². The maximum atomic E-state index is 11.7. The lowest BCUT2D eigenvalue weighted by Crippen LogP contribution is -2.38. The van der Waals surface area contributed by atoms with Gasteiger partial charge in [0.05, 0.1) is 17.7 Å². The van der Waals surface area contributed by atoms with Gasteiger partial charge < -0.3 is 10.4 Å².